The normalized spacial score (nSPS) is 15.1. The number of sulfonamides is 1. The average Bonchev–Trinajstić information content (AvgIpc) is 3.17. The first-order chi connectivity index (χ1) is 14.3. The summed E-state index contributed by atoms with van der Waals surface area (Å²) in [6.07, 6.45) is 3.51. The number of aryl methyl sites for hydroxylation is 1. The van der Waals surface area contributed by atoms with Crippen LogP contribution in [0.15, 0.2) is 46.5 Å². The number of hydrogen-bond donors (Lipinski definition) is 2. The van der Waals surface area contributed by atoms with Crippen LogP contribution < -0.4 is 14.9 Å². The average molecular weight is 561 g/mol. The molecule has 0 atom stereocenters. The molecule has 2 aromatic rings. The lowest BCUT2D eigenvalue weighted by Crippen LogP contribution is -2.55. The van der Waals surface area contributed by atoms with Crippen LogP contribution in [0.5, 0.6) is 0 Å². The highest BCUT2D eigenvalue weighted by atomic mass is 127. The lowest BCUT2D eigenvalue weighted by Gasteiger charge is -2.35. The van der Waals surface area contributed by atoms with E-state index in [2.05, 4.69) is 20.1 Å². The maximum Gasteiger partial charge on any atom is 0.246 e. The number of carbonyl (C=O) groups is 1. The zero-order chi connectivity index (χ0) is 21.7. The summed E-state index contributed by atoms with van der Waals surface area (Å²) in [6.45, 7) is 4.44. The molecule has 0 unspecified atom stereocenters. The Labute approximate surface area is 199 Å². The SMILES string of the molecule is CCNC(=NCc1ccc(S(=O)(=O)NC)cc1)N1CCN(c2cnn(C)c2)C(=O)C1.I. The lowest BCUT2D eigenvalue weighted by atomic mass is 10.2. The van der Waals surface area contributed by atoms with Crippen LogP contribution >= 0.6 is 24.0 Å². The molecule has 0 radical (unpaired) electrons. The summed E-state index contributed by atoms with van der Waals surface area (Å²) in [5.41, 5.74) is 1.67. The summed E-state index contributed by atoms with van der Waals surface area (Å²) in [5.74, 6) is 0.644. The van der Waals surface area contributed by atoms with Gasteiger partial charge in [0.2, 0.25) is 15.9 Å². The molecular formula is C19H28IN7O3S. The van der Waals surface area contributed by atoms with Gasteiger partial charge in [-0.15, -0.1) is 24.0 Å². The summed E-state index contributed by atoms with van der Waals surface area (Å²) in [6, 6.07) is 6.59. The number of nitrogens with one attached hydrogen (secondary N) is 2. The topological polar surface area (TPSA) is 112 Å². The number of amides is 1. The summed E-state index contributed by atoms with van der Waals surface area (Å²) in [5, 5.41) is 7.36. The van der Waals surface area contributed by atoms with Gasteiger partial charge in [0.15, 0.2) is 5.96 Å². The van der Waals surface area contributed by atoms with Gasteiger partial charge in [-0.25, -0.2) is 18.1 Å². The van der Waals surface area contributed by atoms with Gasteiger partial charge in [-0.05, 0) is 31.7 Å². The van der Waals surface area contributed by atoms with Crippen molar-refractivity contribution in [3.63, 3.8) is 0 Å². The van der Waals surface area contributed by atoms with Crippen LogP contribution in [0.25, 0.3) is 0 Å². The number of benzene rings is 1. The monoisotopic (exact) mass is 561 g/mol. The summed E-state index contributed by atoms with van der Waals surface area (Å²) in [4.78, 5) is 21.2. The highest BCUT2D eigenvalue weighted by Crippen LogP contribution is 2.16. The molecule has 12 heteroatoms. The highest BCUT2D eigenvalue weighted by Gasteiger charge is 2.27. The molecule has 1 aromatic carbocycles. The second-order valence-corrected chi connectivity index (χ2v) is 8.75. The van der Waals surface area contributed by atoms with Gasteiger partial charge in [0.25, 0.3) is 0 Å². The number of carbonyl (C=O) groups excluding carboxylic acids is 1. The lowest BCUT2D eigenvalue weighted by molar-refractivity contribution is -0.120. The Morgan fingerprint density at radius 3 is 2.48 bits per heavy atom. The number of halogens is 1. The molecule has 0 bridgehead atoms. The Kier molecular flexibility index (Phi) is 8.82. The Morgan fingerprint density at radius 2 is 1.94 bits per heavy atom. The Morgan fingerprint density at radius 1 is 1.23 bits per heavy atom. The molecule has 31 heavy (non-hydrogen) atoms. The van der Waals surface area contributed by atoms with Crippen LogP contribution in [-0.2, 0) is 28.4 Å². The number of nitrogens with zero attached hydrogens (tertiary/aromatic N) is 5. The molecule has 10 nitrogen and oxygen atoms in total. The maximum absolute atomic E-state index is 12.7. The minimum atomic E-state index is -3.46. The molecule has 1 amide bonds. The van der Waals surface area contributed by atoms with Gasteiger partial charge in [-0.1, -0.05) is 12.1 Å². The molecule has 0 aliphatic carbocycles. The molecule has 1 aliphatic heterocycles. The van der Waals surface area contributed by atoms with Crippen molar-refractivity contribution >= 4 is 51.6 Å². The van der Waals surface area contributed by atoms with Crippen LogP contribution in [0.1, 0.15) is 12.5 Å². The molecule has 1 aromatic heterocycles. The fourth-order valence-corrected chi connectivity index (χ4v) is 3.89. The molecule has 1 fully saturated rings. The summed E-state index contributed by atoms with van der Waals surface area (Å²) < 4.78 is 27.6. The van der Waals surface area contributed by atoms with Gasteiger partial charge >= 0.3 is 0 Å². The predicted octanol–water partition coefficient (Wildman–Crippen LogP) is 0.761. The van der Waals surface area contributed by atoms with Crippen molar-refractivity contribution in [1.82, 2.24) is 24.7 Å². The fraction of sp³-hybridized carbons (Fsp3) is 0.421. The molecule has 0 spiro atoms. The standard InChI is InChI=1S/C19H27N7O3S.HI/c1-4-21-19(22-11-15-5-7-17(8-6-15)30(28,29)20-2)25-9-10-26(18(27)14-25)16-12-23-24(3)13-16;/h5-8,12-13,20H,4,9-11,14H2,1-3H3,(H,21,22);1H. The predicted molar refractivity (Wildman–Crippen MR) is 130 cm³/mol. The van der Waals surface area contributed by atoms with E-state index in [0.717, 1.165) is 11.3 Å². The number of hydrogen-bond acceptors (Lipinski definition) is 5. The summed E-state index contributed by atoms with van der Waals surface area (Å²) in [7, 11) is -0.258. The molecule has 0 saturated carbocycles. The van der Waals surface area contributed by atoms with E-state index in [1.807, 2.05) is 25.1 Å². The van der Waals surface area contributed by atoms with Gasteiger partial charge in [-0.3, -0.25) is 9.48 Å². The Balaban J connectivity index is 0.00000341. The van der Waals surface area contributed by atoms with Crippen LogP contribution in [0.3, 0.4) is 0 Å². The minimum Gasteiger partial charge on any atom is -0.356 e. The second kappa shape index (κ2) is 10.9. The first-order valence-electron chi connectivity index (χ1n) is 9.69. The van der Waals surface area contributed by atoms with Crippen LogP contribution in [0, 0.1) is 0 Å². The number of aliphatic imine (C=N–C) groups is 1. The van der Waals surface area contributed by atoms with E-state index in [-0.39, 0.29) is 41.3 Å². The van der Waals surface area contributed by atoms with Gasteiger partial charge in [0.05, 0.1) is 23.3 Å². The summed E-state index contributed by atoms with van der Waals surface area (Å²) >= 11 is 0. The smallest absolute Gasteiger partial charge is 0.246 e. The number of rotatable bonds is 6. The third-order valence-corrected chi connectivity index (χ3v) is 6.20. The van der Waals surface area contributed by atoms with E-state index in [1.165, 1.54) is 7.05 Å². The zero-order valence-corrected chi connectivity index (χ0v) is 20.9. The first-order valence-corrected chi connectivity index (χ1v) is 11.2. The van der Waals surface area contributed by atoms with E-state index in [0.29, 0.717) is 32.1 Å². The highest BCUT2D eigenvalue weighted by molar-refractivity contribution is 14.0. The van der Waals surface area contributed by atoms with Crippen molar-refractivity contribution in [1.29, 1.82) is 0 Å². The van der Waals surface area contributed by atoms with Crippen molar-refractivity contribution in [2.24, 2.45) is 12.0 Å². The fourth-order valence-electron chi connectivity index (χ4n) is 3.16. The van der Waals surface area contributed by atoms with Crippen molar-refractivity contribution in [3.05, 3.63) is 42.2 Å². The zero-order valence-electron chi connectivity index (χ0n) is 17.8. The molecule has 3 rings (SSSR count). The quantitative estimate of drug-likeness (QED) is 0.306. The van der Waals surface area contributed by atoms with Gasteiger partial charge in [-0.2, -0.15) is 5.10 Å². The first kappa shape index (κ1) is 25.1. The minimum absolute atomic E-state index is 0. The molecule has 1 aliphatic rings. The van der Waals surface area contributed by atoms with E-state index < -0.39 is 10.0 Å². The van der Waals surface area contributed by atoms with Gasteiger partial charge in [0.1, 0.15) is 6.54 Å². The molecular weight excluding hydrogens is 533 g/mol. The molecule has 170 valence electrons. The molecule has 2 N–H and O–H groups in total. The van der Waals surface area contributed by atoms with E-state index in [4.69, 9.17) is 0 Å². The van der Waals surface area contributed by atoms with Gasteiger partial charge < -0.3 is 15.1 Å². The molecule has 1 saturated heterocycles. The van der Waals surface area contributed by atoms with Crippen LogP contribution in [0.4, 0.5) is 5.69 Å². The van der Waals surface area contributed by atoms with Crippen molar-refractivity contribution in [3.8, 4) is 0 Å². The number of anilines is 1. The Bertz CT molecular complexity index is 1020. The van der Waals surface area contributed by atoms with Crippen molar-refractivity contribution in [2.45, 2.75) is 18.4 Å². The van der Waals surface area contributed by atoms with E-state index in [1.54, 1.807) is 40.0 Å². The second-order valence-electron chi connectivity index (χ2n) is 6.86. The van der Waals surface area contributed by atoms with Crippen LogP contribution in [0.2, 0.25) is 0 Å². The van der Waals surface area contributed by atoms with Gasteiger partial charge in [0, 0.05) is 32.9 Å². The number of guanidine groups is 1. The third kappa shape index (κ3) is 6.17. The molecule has 2 heterocycles. The van der Waals surface area contributed by atoms with Crippen molar-refractivity contribution in [2.75, 3.05) is 38.1 Å². The number of piperazine rings is 1. The maximum atomic E-state index is 12.7. The van der Waals surface area contributed by atoms with Crippen molar-refractivity contribution < 1.29 is 13.2 Å². The van der Waals surface area contributed by atoms with E-state index >= 15 is 0 Å². The third-order valence-electron chi connectivity index (χ3n) is 4.77. The van der Waals surface area contributed by atoms with E-state index in [9.17, 15) is 13.2 Å². The largest absolute Gasteiger partial charge is 0.356 e. The number of aromatic nitrogens is 2. The Hall–Kier alpha value is -2.19. The van der Waals surface area contributed by atoms with Crippen LogP contribution in [-0.4, -0.2) is 68.2 Å².